The summed E-state index contributed by atoms with van der Waals surface area (Å²) in [5.41, 5.74) is 0.789. The van der Waals surface area contributed by atoms with Gasteiger partial charge < -0.3 is 36.8 Å². The van der Waals surface area contributed by atoms with Crippen LogP contribution in [0.1, 0.15) is 52.0 Å². The van der Waals surface area contributed by atoms with E-state index in [1.54, 1.807) is 0 Å². The highest BCUT2D eigenvalue weighted by atomic mass is 16.4. The van der Waals surface area contributed by atoms with Gasteiger partial charge in [-0.25, -0.2) is 0 Å². The van der Waals surface area contributed by atoms with Gasteiger partial charge in [0.05, 0.1) is 18.6 Å². The topological polar surface area (TPSA) is 206 Å². The van der Waals surface area contributed by atoms with E-state index in [2.05, 4.69) is 26.6 Å². The fourth-order valence-electron chi connectivity index (χ4n) is 5.44. The molecule has 2 saturated heterocycles. The molecule has 7 N–H and O–H groups in total. The monoisotopic (exact) mass is 616 g/mol. The molecule has 2 fully saturated rings. The lowest BCUT2D eigenvalue weighted by molar-refractivity contribution is -0.141. The molecule has 0 aromatic heterocycles. The number of rotatable bonds is 7. The first-order valence-electron chi connectivity index (χ1n) is 15.0. The van der Waals surface area contributed by atoms with Gasteiger partial charge in [-0.3, -0.25) is 33.7 Å². The van der Waals surface area contributed by atoms with E-state index in [1.165, 1.54) is 6.92 Å². The molecule has 0 saturated carbocycles. The molecule has 14 nitrogen and oxygen atoms in total. The second-order valence-electron chi connectivity index (χ2n) is 11.8. The molecule has 0 bridgehead atoms. The van der Waals surface area contributed by atoms with Crippen LogP contribution in [0.2, 0.25) is 0 Å². The van der Waals surface area contributed by atoms with Gasteiger partial charge in [0.15, 0.2) is 0 Å². The Morgan fingerprint density at radius 3 is 2.09 bits per heavy atom. The van der Waals surface area contributed by atoms with Crippen LogP contribution in [0.5, 0.6) is 0 Å². The van der Waals surface area contributed by atoms with E-state index in [1.807, 2.05) is 49.1 Å². The zero-order valence-corrected chi connectivity index (χ0v) is 25.4. The number of hydrogen-bond donors (Lipinski definition) is 7. The standard InChI is InChI=1S/C30H44N6O8/c1-17(2)14-20-26(40)33-22(16-24(38)39)28(42)35-25(18(3)37)30(44)31-11-13-36-12-7-10-23(36)29(43)34-21(27(41)32-20)15-19-8-5-4-6-9-19/h4-6,8-9,17-18,20-23,25,37H,7,10-16H2,1-3H3,(H,31,44)(H,32,41)(H,33,40)(H,34,43)(H,35,42)(H,38,39)/t18-,20+,21+,22+,23+,25+/m1/s1. The van der Waals surface area contributed by atoms with E-state index in [0.717, 1.165) is 12.0 Å². The van der Waals surface area contributed by atoms with Crippen LogP contribution in [0.4, 0.5) is 0 Å². The predicted octanol–water partition coefficient (Wildman–Crippen LogP) is -1.34. The Hall–Kier alpha value is -4.04. The Bertz CT molecular complexity index is 1190. The highest BCUT2D eigenvalue weighted by Crippen LogP contribution is 2.18. The van der Waals surface area contributed by atoms with Crippen molar-refractivity contribution in [3.8, 4) is 0 Å². The van der Waals surface area contributed by atoms with Crippen LogP contribution in [0.25, 0.3) is 0 Å². The average Bonchev–Trinajstić information content (AvgIpc) is 3.42. The minimum absolute atomic E-state index is 0.0896. The van der Waals surface area contributed by atoms with Gasteiger partial charge in [0.1, 0.15) is 24.2 Å². The summed E-state index contributed by atoms with van der Waals surface area (Å²) in [6.07, 6.45) is -0.560. The van der Waals surface area contributed by atoms with Gasteiger partial charge in [-0.05, 0) is 44.2 Å². The Balaban J connectivity index is 1.97. The summed E-state index contributed by atoms with van der Waals surface area (Å²) < 4.78 is 0. The number of aliphatic hydroxyl groups excluding tert-OH is 1. The molecule has 0 spiro atoms. The maximum Gasteiger partial charge on any atom is 0.305 e. The number of nitrogens with zero attached hydrogens (tertiary/aromatic N) is 1. The summed E-state index contributed by atoms with van der Waals surface area (Å²) in [4.78, 5) is 80.3. The second-order valence-corrected chi connectivity index (χ2v) is 11.8. The molecule has 5 amide bonds. The van der Waals surface area contributed by atoms with Gasteiger partial charge in [0.25, 0.3) is 0 Å². The van der Waals surface area contributed by atoms with E-state index in [0.29, 0.717) is 19.5 Å². The maximum atomic E-state index is 13.7. The van der Waals surface area contributed by atoms with Gasteiger partial charge >= 0.3 is 5.97 Å². The molecule has 2 aliphatic rings. The number of amides is 5. The van der Waals surface area contributed by atoms with Crippen LogP contribution in [0.15, 0.2) is 30.3 Å². The number of carboxylic acids is 1. The summed E-state index contributed by atoms with van der Waals surface area (Å²) >= 11 is 0. The molecule has 1 aromatic carbocycles. The summed E-state index contributed by atoms with van der Waals surface area (Å²) in [7, 11) is 0. The summed E-state index contributed by atoms with van der Waals surface area (Å²) in [5, 5.41) is 32.7. The molecule has 44 heavy (non-hydrogen) atoms. The predicted molar refractivity (Wildman–Crippen MR) is 159 cm³/mol. The highest BCUT2D eigenvalue weighted by Gasteiger charge is 2.36. The number of carbonyl (C=O) groups excluding carboxylic acids is 5. The molecule has 0 aliphatic carbocycles. The minimum Gasteiger partial charge on any atom is -0.481 e. The van der Waals surface area contributed by atoms with Gasteiger partial charge in [0.2, 0.25) is 29.5 Å². The first kappa shape index (κ1) is 34.5. The molecule has 1 aromatic rings. The van der Waals surface area contributed by atoms with Crippen molar-refractivity contribution >= 4 is 35.5 Å². The number of benzene rings is 1. The number of fused-ring (bicyclic) bond motifs is 1. The minimum atomic E-state index is -1.61. The smallest absolute Gasteiger partial charge is 0.305 e. The normalized spacial score (nSPS) is 27.1. The molecule has 242 valence electrons. The fraction of sp³-hybridized carbons (Fsp3) is 0.600. The number of carboxylic acid groups (broad SMARTS) is 1. The van der Waals surface area contributed by atoms with E-state index >= 15 is 0 Å². The van der Waals surface area contributed by atoms with Gasteiger partial charge in [-0.15, -0.1) is 0 Å². The Labute approximate surface area is 256 Å². The SMILES string of the molecule is CC(C)C[C@@H]1NC(=O)[C@H](Cc2ccccc2)NC(=O)[C@@H]2CCCN2CCNC(=O)[C@H]([C@@H](C)O)NC(=O)[C@H](CC(=O)O)NC1=O. The number of nitrogens with one attached hydrogen (secondary N) is 5. The Morgan fingerprint density at radius 2 is 1.45 bits per heavy atom. The lowest BCUT2D eigenvalue weighted by Gasteiger charge is -2.29. The first-order valence-corrected chi connectivity index (χ1v) is 15.0. The van der Waals surface area contributed by atoms with E-state index in [-0.39, 0.29) is 31.2 Å². The van der Waals surface area contributed by atoms with E-state index in [9.17, 15) is 39.0 Å². The quantitative estimate of drug-likeness (QED) is 0.193. The molecule has 14 heteroatoms. The molecular weight excluding hydrogens is 572 g/mol. The number of aliphatic carboxylic acids is 1. The number of hydrogen-bond acceptors (Lipinski definition) is 8. The summed E-state index contributed by atoms with van der Waals surface area (Å²) in [6, 6.07) is 3.32. The van der Waals surface area contributed by atoms with E-state index in [4.69, 9.17) is 0 Å². The summed E-state index contributed by atoms with van der Waals surface area (Å²) in [5.74, 6) is -4.93. The summed E-state index contributed by atoms with van der Waals surface area (Å²) in [6.45, 7) is 5.94. The maximum absolute atomic E-state index is 13.7. The van der Waals surface area contributed by atoms with Crippen LogP contribution in [-0.2, 0) is 35.2 Å². The van der Waals surface area contributed by atoms with Gasteiger partial charge in [0, 0.05) is 19.5 Å². The average molecular weight is 617 g/mol. The Kier molecular flexibility index (Phi) is 12.6. The highest BCUT2D eigenvalue weighted by molar-refractivity contribution is 5.97. The van der Waals surface area contributed by atoms with Crippen molar-refractivity contribution in [2.75, 3.05) is 19.6 Å². The lowest BCUT2D eigenvalue weighted by Crippen LogP contribution is -2.61. The van der Waals surface area contributed by atoms with Crippen LogP contribution in [0, 0.1) is 5.92 Å². The largest absolute Gasteiger partial charge is 0.481 e. The first-order chi connectivity index (χ1) is 20.8. The molecule has 2 heterocycles. The number of carbonyl (C=O) groups is 6. The second kappa shape index (κ2) is 16.1. The lowest BCUT2D eigenvalue weighted by atomic mass is 10.00. The van der Waals surface area contributed by atoms with Crippen molar-refractivity contribution < 1.29 is 39.0 Å². The Morgan fingerprint density at radius 1 is 0.841 bits per heavy atom. The number of aliphatic hydroxyl groups is 1. The van der Waals surface area contributed by atoms with Crippen molar-refractivity contribution in [3.05, 3.63) is 35.9 Å². The zero-order valence-electron chi connectivity index (χ0n) is 25.4. The zero-order chi connectivity index (χ0) is 32.4. The van der Waals surface area contributed by atoms with Crippen molar-refractivity contribution in [1.82, 2.24) is 31.5 Å². The van der Waals surface area contributed by atoms with Crippen LogP contribution in [-0.4, -0.2) is 107 Å². The molecule has 2 aliphatic heterocycles. The van der Waals surface area contributed by atoms with Crippen molar-refractivity contribution in [3.63, 3.8) is 0 Å². The van der Waals surface area contributed by atoms with Crippen LogP contribution in [0.3, 0.4) is 0 Å². The third-order valence-corrected chi connectivity index (χ3v) is 7.69. The van der Waals surface area contributed by atoms with Crippen LogP contribution < -0.4 is 26.6 Å². The third-order valence-electron chi connectivity index (χ3n) is 7.69. The van der Waals surface area contributed by atoms with Crippen LogP contribution >= 0.6 is 0 Å². The molecular formula is C30H44N6O8. The van der Waals surface area contributed by atoms with Crippen molar-refractivity contribution in [2.24, 2.45) is 5.92 Å². The van der Waals surface area contributed by atoms with Crippen molar-refractivity contribution in [2.45, 2.75) is 89.2 Å². The van der Waals surface area contributed by atoms with Crippen molar-refractivity contribution in [1.29, 1.82) is 0 Å². The molecule has 3 rings (SSSR count). The third kappa shape index (κ3) is 10.0. The molecule has 6 atom stereocenters. The van der Waals surface area contributed by atoms with Gasteiger partial charge in [-0.2, -0.15) is 0 Å². The van der Waals surface area contributed by atoms with Gasteiger partial charge in [-0.1, -0.05) is 44.2 Å². The fourth-order valence-corrected chi connectivity index (χ4v) is 5.44. The molecule has 0 unspecified atom stereocenters. The molecule has 0 radical (unpaired) electrons. The van der Waals surface area contributed by atoms with E-state index < -0.39 is 72.3 Å².